The maximum Gasteiger partial charge on any atom is 0.0608 e. The van der Waals surface area contributed by atoms with Gasteiger partial charge in [0.05, 0.1) is 12.2 Å². The molecule has 1 N–H and O–H groups in total. The molecule has 0 aliphatic heterocycles. The van der Waals surface area contributed by atoms with E-state index < -0.39 is 0 Å². The van der Waals surface area contributed by atoms with Crippen LogP contribution in [-0.4, -0.2) is 16.3 Å². The second kappa shape index (κ2) is 6.71. The fourth-order valence-corrected chi connectivity index (χ4v) is 2.59. The highest BCUT2D eigenvalue weighted by Crippen LogP contribution is 2.24. The Labute approximate surface area is 122 Å². The number of nitrogens with zero attached hydrogens (tertiary/aromatic N) is 2. The fourth-order valence-electron chi connectivity index (χ4n) is 2.59. The highest BCUT2D eigenvalue weighted by molar-refractivity contribution is 5.35. The summed E-state index contributed by atoms with van der Waals surface area (Å²) in [6.45, 7) is 10.5. The molecule has 0 spiro atoms. The lowest BCUT2D eigenvalue weighted by Crippen LogP contribution is -2.23. The van der Waals surface area contributed by atoms with Gasteiger partial charge in [0.2, 0.25) is 0 Å². The van der Waals surface area contributed by atoms with E-state index in [1.165, 1.54) is 22.3 Å². The van der Waals surface area contributed by atoms with Gasteiger partial charge in [-0.15, -0.1) is 0 Å². The van der Waals surface area contributed by atoms with Gasteiger partial charge in [0.1, 0.15) is 0 Å². The number of aromatic nitrogens is 2. The van der Waals surface area contributed by atoms with Crippen LogP contribution in [0.25, 0.3) is 0 Å². The van der Waals surface area contributed by atoms with Gasteiger partial charge in [0, 0.05) is 18.3 Å². The van der Waals surface area contributed by atoms with Gasteiger partial charge in [-0.25, -0.2) is 0 Å². The van der Waals surface area contributed by atoms with Crippen molar-refractivity contribution >= 4 is 0 Å². The van der Waals surface area contributed by atoms with E-state index >= 15 is 0 Å². The van der Waals surface area contributed by atoms with Crippen molar-refractivity contribution in [2.24, 2.45) is 0 Å². The van der Waals surface area contributed by atoms with Crippen molar-refractivity contribution < 1.29 is 0 Å². The van der Waals surface area contributed by atoms with E-state index in [-0.39, 0.29) is 6.04 Å². The van der Waals surface area contributed by atoms with Gasteiger partial charge >= 0.3 is 0 Å². The highest BCUT2D eigenvalue weighted by atomic mass is 15.3. The molecular weight excluding hydrogens is 246 g/mol. The zero-order chi connectivity index (χ0) is 14.5. The highest BCUT2D eigenvalue weighted by Gasteiger charge is 2.15. The molecule has 108 valence electrons. The molecule has 2 aromatic rings. The zero-order valence-electron chi connectivity index (χ0n) is 13.0. The van der Waals surface area contributed by atoms with E-state index in [1.807, 2.05) is 10.9 Å². The Kier molecular flexibility index (Phi) is 4.96. The number of benzene rings is 1. The molecule has 0 saturated carbocycles. The van der Waals surface area contributed by atoms with Crippen LogP contribution in [0.15, 0.2) is 30.6 Å². The average molecular weight is 271 g/mol. The molecule has 3 nitrogen and oxygen atoms in total. The van der Waals surface area contributed by atoms with Crippen molar-refractivity contribution in [2.75, 3.05) is 6.54 Å². The SMILES string of the molecule is CCCNC(c1cc(C)cc(C)c1)c1cnn(CC)c1. The molecule has 20 heavy (non-hydrogen) atoms. The van der Waals surface area contributed by atoms with Gasteiger partial charge in [0.15, 0.2) is 0 Å². The first-order chi connectivity index (χ1) is 9.63. The van der Waals surface area contributed by atoms with Crippen LogP contribution in [0.3, 0.4) is 0 Å². The summed E-state index contributed by atoms with van der Waals surface area (Å²) >= 11 is 0. The minimum absolute atomic E-state index is 0.230. The minimum Gasteiger partial charge on any atom is -0.306 e. The van der Waals surface area contributed by atoms with Crippen LogP contribution in [0.4, 0.5) is 0 Å². The van der Waals surface area contributed by atoms with Crippen molar-refractivity contribution in [1.82, 2.24) is 15.1 Å². The van der Waals surface area contributed by atoms with Crippen LogP contribution in [-0.2, 0) is 6.54 Å². The summed E-state index contributed by atoms with van der Waals surface area (Å²) in [5.74, 6) is 0. The molecule has 0 fully saturated rings. The summed E-state index contributed by atoms with van der Waals surface area (Å²) in [5, 5.41) is 8.05. The molecule has 3 heteroatoms. The van der Waals surface area contributed by atoms with Crippen molar-refractivity contribution in [3.8, 4) is 0 Å². The van der Waals surface area contributed by atoms with Gasteiger partial charge in [0.25, 0.3) is 0 Å². The largest absolute Gasteiger partial charge is 0.306 e. The summed E-state index contributed by atoms with van der Waals surface area (Å²) in [5.41, 5.74) is 5.19. The Balaban J connectivity index is 2.35. The van der Waals surface area contributed by atoms with E-state index in [0.717, 1.165) is 19.5 Å². The first kappa shape index (κ1) is 14.8. The van der Waals surface area contributed by atoms with Crippen LogP contribution in [0.1, 0.15) is 48.6 Å². The summed E-state index contributed by atoms with van der Waals surface area (Å²) in [6, 6.07) is 6.98. The van der Waals surface area contributed by atoms with Gasteiger partial charge in [-0.3, -0.25) is 4.68 Å². The predicted octanol–water partition coefficient (Wildman–Crippen LogP) is 3.61. The Morgan fingerprint density at radius 3 is 2.35 bits per heavy atom. The van der Waals surface area contributed by atoms with Crippen LogP contribution >= 0.6 is 0 Å². The Morgan fingerprint density at radius 1 is 1.10 bits per heavy atom. The maximum absolute atomic E-state index is 4.41. The average Bonchev–Trinajstić information content (AvgIpc) is 2.87. The summed E-state index contributed by atoms with van der Waals surface area (Å²) in [7, 11) is 0. The van der Waals surface area contributed by atoms with E-state index in [0.29, 0.717) is 0 Å². The number of hydrogen-bond acceptors (Lipinski definition) is 2. The van der Waals surface area contributed by atoms with Crippen LogP contribution < -0.4 is 5.32 Å². The van der Waals surface area contributed by atoms with Gasteiger partial charge in [-0.1, -0.05) is 36.2 Å². The first-order valence-corrected chi connectivity index (χ1v) is 7.48. The monoisotopic (exact) mass is 271 g/mol. The van der Waals surface area contributed by atoms with Gasteiger partial charge in [-0.05, 0) is 39.3 Å². The smallest absolute Gasteiger partial charge is 0.0608 e. The van der Waals surface area contributed by atoms with E-state index in [9.17, 15) is 0 Å². The lowest BCUT2D eigenvalue weighted by molar-refractivity contribution is 0.595. The molecule has 1 unspecified atom stereocenters. The fraction of sp³-hybridized carbons (Fsp3) is 0.471. The van der Waals surface area contributed by atoms with Gasteiger partial charge < -0.3 is 5.32 Å². The number of hydrogen-bond donors (Lipinski definition) is 1. The van der Waals surface area contributed by atoms with Crippen LogP contribution in [0, 0.1) is 13.8 Å². The van der Waals surface area contributed by atoms with Crippen molar-refractivity contribution in [3.05, 3.63) is 52.8 Å². The standard InChI is InChI=1S/C17H25N3/c1-5-7-18-17(16-11-19-20(6-2)12-16)15-9-13(3)8-14(4)10-15/h8-12,17-18H,5-7H2,1-4H3. The third-order valence-electron chi connectivity index (χ3n) is 3.49. The lowest BCUT2D eigenvalue weighted by Gasteiger charge is -2.19. The first-order valence-electron chi connectivity index (χ1n) is 7.48. The molecule has 0 bridgehead atoms. The second-order valence-electron chi connectivity index (χ2n) is 5.44. The Hall–Kier alpha value is -1.61. The van der Waals surface area contributed by atoms with Crippen molar-refractivity contribution in [2.45, 2.75) is 46.7 Å². The normalized spacial score (nSPS) is 12.6. The molecule has 1 heterocycles. The second-order valence-corrected chi connectivity index (χ2v) is 5.44. The lowest BCUT2D eigenvalue weighted by atomic mass is 9.97. The summed E-state index contributed by atoms with van der Waals surface area (Å²) in [4.78, 5) is 0. The third-order valence-corrected chi connectivity index (χ3v) is 3.49. The summed E-state index contributed by atoms with van der Waals surface area (Å²) in [6.07, 6.45) is 5.25. The number of rotatable bonds is 6. The van der Waals surface area contributed by atoms with E-state index in [4.69, 9.17) is 0 Å². The molecule has 1 atom stereocenters. The quantitative estimate of drug-likeness (QED) is 0.870. The zero-order valence-corrected chi connectivity index (χ0v) is 13.0. The van der Waals surface area contributed by atoms with E-state index in [2.05, 4.69) is 62.5 Å². The van der Waals surface area contributed by atoms with Crippen LogP contribution in [0.2, 0.25) is 0 Å². The number of aryl methyl sites for hydroxylation is 3. The molecule has 0 saturated heterocycles. The summed E-state index contributed by atoms with van der Waals surface area (Å²) < 4.78 is 1.98. The topological polar surface area (TPSA) is 29.9 Å². The Morgan fingerprint density at radius 2 is 1.80 bits per heavy atom. The van der Waals surface area contributed by atoms with Crippen LogP contribution in [0.5, 0.6) is 0 Å². The third kappa shape index (κ3) is 3.48. The molecule has 2 rings (SSSR count). The Bertz CT molecular complexity index is 537. The molecule has 0 radical (unpaired) electrons. The maximum atomic E-state index is 4.41. The molecule has 0 amide bonds. The van der Waals surface area contributed by atoms with Crippen molar-refractivity contribution in [1.29, 1.82) is 0 Å². The molecule has 0 aliphatic carbocycles. The molecule has 0 aliphatic rings. The van der Waals surface area contributed by atoms with Gasteiger partial charge in [-0.2, -0.15) is 5.10 Å². The predicted molar refractivity (Wildman–Crippen MR) is 84.0 cm³/mol. The van der Waals surface area contributed by atoms with E-state index in [1.54, 1.807) is 0 Å². The molecule has 1 aromatic carbocycles. The minimum atomic E-state index is 0.230. The molecular formula is C17H25N3. The van der Waals surface area contributed by atoms with Crippen molar-refractivity contribution in [3.63, 3.8) is 0 Å². The number of nitrogens with one attached hydrogen (secondary N) is 1. The molecule has 1 aromatic heterocycles.